The number of halogens is 3. The van der Waals surface area contributed by atoms with E-state index in [1.807, 2.05) is 9.30 Å². The third-order valence-electron chi connectivity index (χ3n) is 7.15. The molecule has 196 valence electrons. The average Bonchev–Trinajstić information content (AvgIpc) is 3.62. The van der Waals surface area contributed by atoms with E-state index in [9.17, 15) is 22.8 Å². The highest BCUT2D eigenvalue weighted by Crippen LogP contribution is 2.38. The molecule has 2 saturated heterocycles. The molecule has 0 radical (unpaired) electrons. The van der Waals surface area contributed by atoms with Gasteiger partial charge in [0.1, 0.15) is 22.9 Å². The summed E-state index contributed by atoms with van der Waals surface area (Å²) < 4.78 is 44.3. The number of aromatic nitrogens is 4. The van der Waals surface area contributed by atoms with Gasteiger partial charge in [-0.1, -0.05) is 17.3 Å². The molecule has 0 saturated carbocycles. The molecule has 1 aromatic carbocycles. The van der Waals surface area contributed by atoms with Crippen molar-refractivity contribution in [1.29, 1.82) is 0 Å². The number of piperidine rings is 1. The van der Waals surface area contributed by atoms with Crippen molar-refractivity contribution in [2.75, 3.05) is 17.6 Å². The number of imidazole rings is 1. The maximum Gasteiger partial charge on any atom is 0.452 e. The predicted molar refractivity (Wildman–Crippen MR) is 129 cm³/mol. The van der Waals surface area contributed by atoms with Gasteiger partial charge in [-0.2, -0.15) is 13.2 Å². The number of anilines is 2. The molecule has 2 atom stereocenters. The van der Waals surface area contributed by atoms with Crippen molar-refractivity contribution in [3.63, 3.8) is 0 Å². The lowest BCUT2D eigenvalue weighted by Gasteiger charge is -2.34. The highest BCUT2D eigenvalue weighted by Gasteiger charge is 2.38. The number of nitrogens with one attached hydrogen (secondary N) is 1. The minimum atomic E-state index is -4.70. The van der Waals surface area contributed by atoms with Gasteiger partial charge in [-0.25, -0.2) is 9.97 Å². The lowest BCUT2D eigenvalue weighted by atomic mass is 9.92. The molecule has 38 heavy (non-hydrogen) atoms. The largest absolute Gasteiger partial charge is 0.452 e. The molecule has 2 unspecified atom stereocenters. The van der Waals surface area contributed by atoms with Gasteiger partial charge in [-0.05, 0) is 31.4 Å². The fraction of sp³-hybridized carbons (Fsp3) is 0.320. The third-order valence-corrected chi connectivity index (χ3v) is 7.15. The second-order valence-electron chi connectivity index (χ2n) is 9.47. The van der Waals surface area contributed by atoms with Crippen molar-refractivity contribution in [3.8, 4) is 11.3 Å². The average molecular weight is 525 g/mol. The van der Waals surface area contributed by atoms with Crippen molar-refractivity contribution in [2.24, 2.45) is 0 Å². The maximum atomic E-state index is 12.7. The van der Waals surface area contributed by atoms with E-state index in [0.717, 1.165) is 25.1 Å². The fourth-order valence-electron chi connectivity index (χ4n) is 5.29. The molecule has 2 aliphatic rings. The van der Waals surface area contributed by atoms with E-state index in [1.54, 1.807) is 24.5 Å². The molecule has 3 aromatic heterocycles. The summed E-state index contributed by atoms with van der Waals surface area (Å²) in [4.78, 5) is 36.0. The predicted octanol–water partition coefficient (Wildman–Crippen LogP) is 4.11. The first-order valence-electron chi connectivity index (χ1n) is 12.1. The van der Waals surface area contributed by atoms with Crippen LogP contribution in [0, 0.1) is 0 Å². The van der Waals surface area contributed by atoms with Crippen molar-refractivity contribution in [2.45, 2.75) is 43.8 Å². The van der Waals surface area contributed by atoms with Crippen LogP contribution in [0.3, 0.4) is 0 Å². The van der Waals surface area contributed by atoms with Crippen LogP contribution in [0.2, 0.25) is 0 Å². The van der Waals surface area contributed by atoms with Gasteiger partial charge in [0.2, 0.25) is 11.7 Å². The van der Waals surface area contributed by atoms with Crippen LogP contribution in [0.15, 0.2) is 47.2 Å². The molecule has 2 aliphatic heterocycles. The summed E-state index contributed by atoms with van der Waals surface area (Å²) in [5.74, 6) is -1.01. The normalized spacial score (nSPS) is 19.7. The van der Waals surface area contributed by atoms with Crippen LogP contribution in [-0.2, 0) is 11.0 Å². The molecule has 0 bridgehead atoms. The van der Waals surface area contributed by atoms with Crippen LogP contribution in [0.25, 0.3) is 16.8 Å². The molecule has 2 amide bonds. The molecule has 0 aliphatic carbocycles. The van der Waals surface area contributed by atoms with Crippen molar-refractivity contribution < 1.29 is 27.3 Å². The zero-order valence-corrected chi connectivity index (χ0v) is 19.9. The van der Waals surface area contributed by atoms with Gasteiger partial charge in [0.05, 0.1) is 0 Å². The number of carbonyl (C=O) groups is 2. The van der Waals surface area contributed by atoms with Crippen molar-refractivity contribution in [1.82, 2.24) is 24.4 Å². The van der Waals surface area contributed by atoms with Gasteiger partial charge in [0.25, 0.3) is 5.91 Å². The quantitative estimate of drug-likeness (QED) is 0.410. The standard InChI is InChI=1S/C25H22F3N7O3/c26-25(27,28)17-11-18(33-38-17)31-24(37)14-3-1-13(2-4-14)20-21-22(29)30-9-10-34(21)23(32-20)15-5-6-16-7-8-19(36)35(16)12-15/h1-4,9-11,15-16H,5-8,12H2,(H2,29,30)(H,31,33,37). The summed E-state index contributed by atoms with van der Waals surface area (Å²) in [5.41, 5.74) is 8.33. The topological polar surface area (TPSA) is 132 Å². The number of fused-ring (bicyclic) bond motifs is 2. The van der Waals surface area contributed by atoms with E-state index >= 15 is 0 Å². The molecule has 4 aromatic rings. The van der Waals surface area contributed by atoms with Crippen molar-refractivity contribution >= 4 is 29.0 Å². The van der Waals surface area contributed by atoms with E-state index in [4.69, 9.17) is 10.7 Å². The van der Waals surface area contributed by atoms with Crippen LogP contribution >= 0.6 is 0 Å². The fourth-order valence-corrected chi connectivity index (χ4v) is 5.29. The molecule has 5 heterocycles. The summed E-state index contributed by atoms with van der Waals surface area (Å²) in [6.07, 6.45) is 1.99. The number of amides is 2. The Kier molecular flexibility index (Phi) is 5.58. The van der Waals surface area contributed by atoms with Crippen LogP contribution in [-0.4, -0.2) is 48.8 Å². The van der Waals surface area contributed by atoms with Gasteiger partial charge in [0.15, 0.2) is 5.82 Å². The molecule has 10 nitrogen and oxygen atoms in total. The summed E-state index contributed by atoms with van der Waals surface area (Å²) in [5, 5.41) is 5.54. The van der Waals surface area contributed by atoms with E-state index in [1.165, 1.54) is 12.1 Å². The Morgan fingerprint density at radius 3 is 2.68 bits per heavy atom. The number of nitrogens with zero attached hydrogens (tertiary/aromatic N) is 5. The highest BCUT2D eigenvalue weighted by atomic mass is 19.4. The maximum absolute atomic E-state index is 12.7. The first-order valence-corrected chi connectivity index (χ1v) is 12.1. The third kappa shape index (κ3) is 4.13. The van der Waals surface area contributed by atoms with E-state index in [-0.39, 0.29) is 23.2 Å². The van der Waals surface area contributed by atoms with Gasteiger partial charge in [-0.3, -0.25) is 14.0 Å². The second kappa shape index (κ2) is 8.85. The lowest BCUT2D eigenvalue weighted by molar-refractivity contribution is -0.155. The number of nitrogen functional groups attached to an aromatic ring is 1. The SMILES string of the molecule is Nc1nccn2c(C3CCC4CCC(=O)N4C3)nc(-c3ccc(C(=O)Nc4cc(C(F)(F)F)on4)cc3)c12. The summed E-state index contributed by atoms with van der Waals surface area (Å²) >= 11 is 0. The van der Waals surface area contributed by atoms with Gasteiger partial charge < -0.3 is 20.5 Å². The monoisotopic (exact) mass is 525 g/mol. The van der Waals surface area contributed by atoms with E-state index < -0.39 is 17.8 Å². The summed E-state index contributed by atoms with van der Waals surface area (Å²) in [6, 6.07) is 7.33. The molecule has 6 rings (SSSR count). The lowest BCUT2D eigenvalue weighted by Crippen LogP contribution is -2.41. The Bertz CT molecular complexity index is 1540. The number of alkyl halides is 3. The van der Waals surface area contributed by atoms with E-state index in [2.05, 4.69) is 20.0 Å². The van der Waals surface area contributed by atoms with E-state index in [0.29, 0.717) is 47.7 Å². The minimum absolute atomic E-state index is 0.0328. The Morgan fingerprint density at radius 2 is 1.95 bits per heavy atom. The zero-order chi connectivity index (χ0) is 26.6. The molecule has 0 spiro atoms. The molecular formula is C25H22F3N7O3. The number of rotatable bonds is 4. The minimum Gasteiger partial charge on any atom is -0.382 e. The Hall–Kier alpha value is -4.42. The molecule has 2 fully saturated rings. The summed E-state index contributed by atoms with van der Waals surface area (Å²) in [6.45, 7) is 0.599. The van der Waals surface area contributed by atoms with Crippen LogP contribution in [0.5, 0.6) is 0 Å². The zero-order valence-electron chi connectivity index (χ0n) is 19.9. The molecule has 3 N–H and O–H groups in total. The van der Waals surface area contributed by atoms with Crippen LogP contribution in [0.4, 0.5) is 24.8 Å². The number of hydrogen-bond donors (Lipinski definition) is 2. The van der Waals surface area contributed by atoms with Gasteiger partial charge in [0, 0.05) is 54.5 Å². The second-order valence-corrected chi connectivity index (χ2v) is 9.47. The Labute approximate surface area is 213 Å². The first kappa shape index (κ1) is 23.9. The van der Waals surface area contributed by atoms with Crippen LogP contribution in [0.1, 0.15) is 53.5 Å². The van der Waals surface area contributed by atoms with Crippen LogP contribution < -0.4 is 11.1 Å². The number of benzene rings is 1. The smallest absolute Gasteiger partial charge is 0.382 e. The van der Waals surface area contributed by atoms with Gasteiger partial charge in [-0.15, -0.1) is 0 Å². The molecule has 13 heteroatoms. The number of hydrogen-bond acceptors (Lipinski definition) is 7. The Morgan fingerprint density at radius 1 is 1.16 bits per heavy atom. The highest BCUT2D eigenvalue weighted by molar-refractivity contribution is 6.04. The number of nitrogens with two attached hydrogens (primary N) is 1. The first-order chi connectivity index (χ1) is 18.2. The van der Waals surface area contributed by atoms with Gasteiger partial charge >= 0.3 is 6.18 Å². The van der Waals surface area contributed by atoms with Crippen molar-refractivity contribution in [3.05, 3.63) is 59.9 Å². The number of carbonyl (C=O) groups excluding carboxylic acids is 2. The molecular weight excluding hydrogens is 503 g/mol. The Balaban J connectivity index is 1.28. The summed E-state index contributed by atoms with van der Waals surface area (Å²) in [7, 11) is 0.